The second-order valence-electron chi connectivity index (χ2n) is 4.31. The number of sulfonamides is 1. The van der Waals surface area contributed by atoms with E-state index in [1.165, 1.54) is 17.5 Å². The monoisotopic (exact) mass is 292 g/mol. The summed E-state index contributed by atoms with van der Waals surface area (Å²) in [5.74, 6) is 0.677. The van der Waals surface area contributed by atoms with Gasteiger partial charge in [-0.15, -0.1) is 0 Å². The number of benzene rings is 1. The molecule has 0 unspecified atom stereocenters. The maximum atomic E-state index is 12.5. The Kier molecular flexibility index (Phi) is 3.94. The zero-order chi connectivity index (χ0) is 14.8. The van der Waals surface area contributed by atoms with Crippen LogP contribution in [0.5, 0.6) is 5.75 Å². The Bertz CT molecular complexity index is 679. The van der Waals surface area contributed by atoms with Crippen LogP contribution in [0.3, 0.4) is 0 Å². The van der Waals surface area contributed by atoms with E-state index in [1.807, 2.05) is 6.92 Å². The normalized spacial score (nSPS) is 11.2. The van der Waals surface area contributed by atoms with E-state index in [2.05, 4.69) is 4.98 Å². The molecule has 20 heavy (non-hydrogen) atoms. The van der Waals surface area contributed by atoms with Gasteiger partial charge in [-0.3, -0.25) is 9.29 Å². The number of rotatable bonds is 4. The van der Waals surface area contributed by atoms with Crippen molar-refractivity contribution in [3.8, 4) is 5.75 Å². The van der Waals surface area contributed by atoms with E-state index >= 15 is 0 Å². The number of hydrogen-bond acceptors (Lipinski definition) is 4. The van der Waals surface area contributed by atoms with Gasteiger partial charge >= 0.3 is 0 Å². The molecule has 0 radical (unpaired) electrons. The first-order chi connectivity index (χ1) is 9.45. The van der Waals surface area contributed by atoms with Crippen molar-refractivity contribution in [2.24, 2.45) is 0 Å². The minimum absolute atomic E-state index is 0.168. The first-order valence-electron chi connectivity index (χ1n) is 6.01. The van der Waals surface area contributed by atoms with Crippen LogP contribution < -0.4 is 9.04 Å². The van der Waals surface area contributed by atoms with E-state index in [9.17, 15) is 8.42 Å². The van der Waals surface area contributed by atoms with Crippen molar-refractivity contribution in [1.82, 2.24) is 4.98 Å². The molecule has 1 aromatic carbocycles. The zero-order valence-corrected chi connectivity index (χ0v) is 12.4. The van der Waals surface area contributed by atoms with Gasteiger partial charge < -0.3 is 4.74 Å². The van der Waals surface area contributed by atoms with E-state index in [-0.39, 0.29) is 4.90 Å². The molecule has 0 atom stereocenters. The standard InChI is InChI=1S/C14H16N2O3S/c1-11-4-9-14(10-15-11)20(17,18)16(2)12-5-7-13(19-3)8-6-12/h4-10H,1-3H3. The molecule has 0 N–H and O–H groups in total. The average molecular weight is 292 g/mol. The number of methoxy groups -OCH3 is 1. The highest BCUT2D eigenvalue weighted by molar-refractivity contribution is 7.92. The minimum Gasteiger partial charge on any atom is -0.497 e. The average Bonchev–Trinajstić information content (AvgIpc) is 2.47. The first-order valence-corrected chi connectivity index (χ1v) is 7.45. The lowest BCUT2D eigenvalue weighted by Gasteiger charge is -2.19. The van der Waals surface area contributed by atoms with Crippen LogP contribution >= 0.6 is 0 Å². The molecule has 0 saturated heterocycles. The highest BCUT2D eigenvalue weighted by atomic mass is 32.2. The molecule has 2 rings (SSSR count). The van der Waals surface area contributed by atoms with E-state index in [1.54, 1.807) is 43.5 Å². The molecule has 1 heterocycles. The van der Waals surface area contributed by atoms with Gasteiger partial charge in [-0.25, -0.2) is 8.42 Å². The third kappa shape index (κ3) is 2.75. The molecule has 0 spiro atoms. The van der Waals surface area contributed by atoms with Crippen molar-refractivity contribution in [2.45, 2.75) is 11.8 Å². The quantitative estimate of drug-likeness (QED) is 0.867. The van der Waals surface area contributed by atoms with Crippen LogP contribution in [0, 0.1) is 6.92 Å². The minimum atomic E-state index is -3.60. The Morgan fingerprint density at radius 2 is 1.75 bits per heavy atom. The maximum Gasteiger partial charge on any atom is 0.265 e. The van der Waals surface area contributed by atoms with Crippen LogP contribution in [0.25, 0.3) is 0 Å². The molecule has 0 aliphatic heterocycles. The highest BCUT2D eigenvalue weighted by Gasteiger charge is 2.21. The molecule has 2 aromatic rings. The van der Waals surface area contributed by atoms with Gasteiger partial charge in [0, 0.05) is 18.9 Å². The summed E-state index contributed by atoms with van der Waals surface area (Å²) in [5, 5.41) is 0. The molecule has 0 bridgehead atoms. The van der Waals surface area contributed by atoms with Gasteiger partial charge in [-0.2, -0.15) is 0 Å². The molecule has 0 saturated carbocycles. The Morgan fingerprint density at radius 3 is 2.25 bits per heavy atom. The molecule has 5 nitrogen and oxygen atoms in total. The number of pyridine rings is 1. The number of aryl methyl sites for hydroxylation is 1. The zero-order valence-electron chi connectivity index (χ0n) is 11.6. The Hall–Kier alpha value is -2.08. The summed E-state index contributed by atoms with van der Waals surface area (Å²) < 4.78 is 31.2. The third-order valence-electron chi connectivity index (χ3n) is 2.98. The fourth-order valence-electron chi connectivity index (χ4n) is 1.70. The van der Waals surface area contributed by atoms with Crippen molar-refractivity contribution in [2.75, 3.05) is 18.5 Å². The molecule has 0 aliphatic carbocycles. The van der Waals surface area contributed by atoms with Gasteiger partial charge in [-0.05, 0) is 43.3 Å². The van der Waals surface area contributed by atoms with E-state index in [0.717, 1.165) is 5.69 Å². The number of aromatic nitrogens is 1. The lowest BCUT2D eigenvalue weighted by molar-refractivity contribution is 0.415. The van der Waals surface area contributed by atoms with Gasteiger partial charge in [0.1, 0.15) is 10.6 Å². The molecule has 0 aliphatic rings. The summed E-state index contributed by atoms with van der Waals surface area (Å²) in [6, 6.07) is 10.0. The lowest BCUT2D eigenvalue weighted by atomic mass is 10.3. The molecule has 106 valence electrons. The van der Waals surface area contributed by atoms with E-state index in [0.29, 0.717) is 11.4 Å². The van der Waals surface area contributed by atoms with Crippen molar-refractivity contribution >= 4 is 15.7 Å². The van der Waals surface area contributed by atoms with Gasteiger partial charge in [-0.1, -0.05) is 0 Å². The Morgan fingerprint density at radius 1 is 1.10 bits per heavy atom. The first kappa shape index (κ1) is 14.3. The molecule has 6 heteroatoms. The van der Waals surface area contributed by atoms with Crippen LogP contribution in [0.1, 0.15) is 5.69 Å². The van der Waals surface area contributed by atoms with Crippen molar-refractivity contribution < 1.29 is 13.2 Å². The van der Waals surface area contributed by atoms with Crippen molar-refractivity contribution in [1.29, 1.82) is 0 Å². The van der Waals surface area contributed by atoms with Crippen molar-refractivity contribution in [3.05, 3.63) is 48.3 Å². The number of anilines is 1. The lowest BCUT2D eigenvalue weighted by Crippen LogP contribution is -2.26. The smallest absolute Gasteiger partial charge is 0.265 e. The molecule has 0 amide bonds. The fourth-order valence-corrected chi connectivity index (χ4v) is 2.84. The number of hydrogen-bond donors (Lipinski definition) is 0. The molecule has 1 aromatic heterocycles. The largest absolute Gasteiger partial charge is 0.497 e. The second-order valence-corrected chi connectivity index (χ2v) is 6.28. The molecular formula is C14H16N2O3S. The Labute approximate surface area is 118 Å². The summed E-state index contributed by atoms with van der Waals surface area (Å²) in [4.78, 5) is 4.19. The van der Waals surface area contributed by atoms with Crippen LogP contribution in [0.4, 0.5) is 5.69 Å². The highest BCUT2D eigenvalue weighted by Crippen LogP contribution is 2.23. The summed E-state index contributed by atoms with van der Waals surface area (Å²) in [7, 11) is -0.525. The van der Waals surface area contributed by atoms with Crippen molar-refractivity contribution in [3.63, 3.8) is 0 Å². The maximum absolute atomic E-state index is 12.5. The molecular weight excluding hydrogens is 276 g/mol. The number of ether oxygens (including phenoxy) is 1. The summed E-state index contributed by atoms with van der Waals surface area (Å²) in [6.45, 7) is 1.81. The van der Waals surface area contributed by atoms with E-state index in [4.69, 9.17) is 4.74 Å². The van der Waals surface area contributed by atoms with Crippen LogP contribution in [0.15, 0.2) is 47.5 Å². The summed E-state index contributed by atoms with van der Waals surface area (Å²) >= 11 is 0. The van der Waals surface area contributed by atoms with Gasteiger partial charge in [0.2, 0.25) is 0 Å². The Balaban J connectivity index is 2.35. The van der Waals surface area contributed by atoms with Crippen LogP contribution in [-0.2, 0) is 10.0 Å². The fraction of sp³-hybridized carbons (Fsp3) is 0.214. The SMILES string of the molecule is COc1ccc(N(C)S(=O)(=O)c2ccc(C)nc2)cc1. The summed E-state index contributed by atoms with van der Waals surface area (Å²) in [6.07, 6.45) is 1.37. The van der Waals surface area contributed by atoms with Crippen LogP contribution in [0.2, 0.25) is 0 Å². The van der Waals surface area contributed by atoms with Gasteiger partial charge in [0.15, 0.2) is 0 Å². The van der Waals surface area contributed by atoms with Gasteiger partial charge in [0.25, 0.3) is 10.0 Å². The predicted octanol–water partition coefficient (Wildman–Crippen LogP) is 2.22. The predicted molar refractivity (Wildman–Crippen MR) is 77.6 cm³/mol. The van der Waals surface area contributed by atoms with Gasteiger partial charge in [0.05, 0.1) is 12.8 Å². The van der Waals surface area contributed by atoms with E-state index < -0.39 is 10.0 Å². The second kappa shape index (κ2) is 5.50. The van der Waals surface area contributed by atoms with Crippen LogP contribution in [-0.4, -0.2) is 27.6 Å². The summed E-state index contributed by atoms with van der Waals surface area (Å²) in [5.41, 5.74) is 1.34. The number of nitrogens with zero attached hydrogens (tertiary/aromatic N) is 2. The third-order valence-corrected chi connectivity index (χ3v) is 4.75. The molecule has 0 fully saturated rings. The topological polar surface area (TPSA) is 59.5 Å².